The second-order valence-electron chi connectivity index (χ2n) is 7.87. The number of nitrogens with one attached hydrogen (secondary N) is 1. The first kappa shape index (κ1) is 18.5. The Morgan fingerprint density at radius 1 is 1.38 bits per heavy atom. The molecule has 0 spiro atoms. The molecule has 5 rings (SSSR count). The Kier molecular flexibility index (Phi) is 3.83. The number of halogens is 1. The molecule has 0 bridgehead atoms. The number of nitrogens with two attached hydrogens (primary N) is 1. The molecule has 0 fully saturated rings. The summed E-state index contributed by atoms with van der Waals surface area (Å²) in [6.45, 7) is 1.67. The summed E-state index contributed by atoms with van der Waals surface area (Å²) in [5, 5.41) is 22.1. The quantitative estimate of drug-likeness (QED) is 0.687. The highest BCUT2D eigenvalue weighted by Crippen LogP contribution is 2.43. The molecule has 4 N–H and O–H groups in total. The van der Waals surface area contributed by atoms with Crippen LogP contribution in [-0.2, 0) is 42.1 Å². The van der Waals surface area contributed by atoms with Gasteiger partial charge in [0.15, 0.2) is 15.5 Å². The lowest BCUT2D eigenvalue weighted by molar-refractivity contribution is 0.0399. The van der Waals surface area contributed by atoms with Gasteiger partial charge in [0.2, 0.25) is 5.88 Å². The molecule has 154 valence electrons. The predicted octanol–water partition coefficient (Wildman–Crippen LogP) is 1.30. The summed E-state index contributed by atoms with van der Waals surface area (Å²) in [7, 11) is -3.64. The van der Waals surface area contributed by atoms with Gasteiger partial charge in [-0.3, -0.25) is 0 Å². The first-order valence-corrected chi connectivity index (χ1v) is 10.9. The minimum Gasteiger partial charge on any atom is -0.466 e. The first-order chi connectivity index (χ1) is 13.7. The van der Waals surface area contributed by atoms with Gasteiger partial charge in [0.25, 0.3) is 0 Å². The van der Waals surface area contributed by atoms with Gasteiger partial charge in [-0.1, -0.05) is 0 Å². The number of benzene rings is 1. The van der Waals surface area contributed by atoms with E-state index in [1.165, 1.54) is 10.9 Å². The largest absolute Gasteiger partial charge is 0.466 e. The summed E-state index contributed by atoms with van der Waals surface area (Å²) in [6, 6.07) is -0.866. The number of nitrogens with zero attached hydrogens (tertiary/aromatic N) is 3. The third-order valence-corrected chi connectivity index (χ3v) is 7.15. The predicted molar refractivity (Wildman–Crippen MR) is 102 cm³/mol. The first-order valence-electron chi connectivity index (χ1n) is 9.29. The minimum atomic E-state index is -3.64. The summed E-state index contributed by atoms with van der Waals surface area (Å²) in [4.78, 5) is 12.5. The molecule has 1 aliphatic heterocycles. The number of rotatable bonds is 3. The van der Waals surface area contributed by atoms with Gasteiger partial charge in [0.1, 0.15) is 10.7 Å². The monoisotopic (exact) mass is 421 g/mol. The van der Waals surface area contributed by atoms with Gasteiger partial charge in [-0.25, -0.2) is 23.2 Å². The summed E-state index contributed by atoms with van der Waals surface area (Å²) >= 11 is 0. The lowest BCUT2D eigenvalue weighted by atomic mass is 9.76. The van der Waals surface area contributed by atoms with Crippen LogP contribution in [0.1, 0.15) is 29.2 Å². The van der Waals surface area contributed by atoms with E-state index >= 15 is 0 Å². The molecule has 29 heavy (non-hydrogen) atoms. The Labute approximate surface area is 166 Å². The third-order valence-electron chi connectivity index (χ3n) is 5.80. The van der Waals surface area contributed by atoms with Crippen molar-refractivity contribution in [2.45, 2.75) is 49.6 Å². The van der Waals surface area contributed by atoms with Crippen molar-refractivity contribution in [3.63, 3.8) is 0 Å². The van der Waals surface area contributed by atoms with E-state index in [0.717, 1.165) is 11.1 Å². The average Bonchev–Trinajstić information content (AvgIpc) is 3.07. The number of aromatic nitrogens is 2. The van der Waals surface area contributed by atoms with E-state index in [2.05, 4.69) is 14.8 Å². The molecule has 9 nitrogen and oxygen atoms in total. The zero-order chi connectivity index (χ0) is 20.6. The second-order valence-corrected chi connectivity index (χ2v) is 9.63. The molecule has 0 unspecified atom stereocenters. The van der Waals surface area contributed by atoms with Crippen LogP contribution in [0.4, 0.5) is 14.9 Å². The maximum Gasteiger partial charge on any atom is 0.354 e. The molecule has 0 radical (unpaired) electrons. The topological polar surface area (TPSA) is 132 Å². The van der Waals surface area contributed by atoms with Crippen molar-refractivity contribution in [2.75, 3.05) is 11.9 Å². The van der Waals surface area contributed by atoms with E-state index in [1.807, 2.05) is 0 Å². The van der Waals surface area contributed by atoms with Gasteiger partial charge in [-0.05, 0) is 54.9 Å². The Morgan fingerprint density at radius 2 is 2.00 bits per heavy atom. The Bertz CT molecular complexity index is 1170. The average molecular weight is 421 g/mol. The molecular formula is C18H20FN5O4S. The fourth-order valence-corrected chi connectivity index (χ4v) is 5.03. The number of carbonyl (C=O) groups excluding carboxylic acids is 1. The highest BCUT2D eigenvalue weighted by atomic mass is 32.2. The SMILES string of the molecule is C[C@]1(CO)Cn2ncc([S@](N)(=O)=NC(=O)Nc3c4c(c(F)c5c3CC5)CC4)c2O1. The van der Waals surface area contributed by atoms with Gasteiger partial charge in [0.05, 0.1) is 19.3 Å². The second kappa shape index (κ2) is 6.00. The standard InChI is InChI=1S/C18H20FN5O4S/c1-18(8-25)7-24-16(28-18)13(6-21-24)29(20,27)23-17(26)22-15-11-4-2-9(11)14(19)10-3-5-12(10)15/h6,25H,2-5,7-8H2,1H3,(H3,20,22,23,26,27)/t18-,29-/m1/s1. The number of aliphatic hydroxyl groups is 1. The van der Waals surface area contributed by atoms with Crippen LogP contribution < -0.4 is 15.2 Å². The van der Waals surface area contributed by atoms with Crippen LogP contribution in [0.15, 0.2) is 15.5 Å². The highest BCUT2D eigenvalue weighted by molar-refractivity contribution is 7.91. The van der Waals surface area contributed by atoms with E-state index in [0.29, 0.717) is 42.5 Å². The van der Waals surface area contributed by atoms with Crippen molar-refractivity contribution in [1.29, 1.82) is 0 Å². The summed E-state index contributed by atoms with van der Waals surface area (Å²) < 4.78 is 38.1. The molecule has 2 aliphatic carbocycles. The lowest BCUT2D eigenvalue weighted by Gasteiger charge is -2.32. The maximum atomic E-state index is 14.3. The van der Waals surface area contributed by atoms with Gasteiger partial charge in [-0.2, -0.15) is 5.10 Å². The van der Waals surface area contributed by atoms with Crippen molar-refractivity contribution in [1.82, 2.24) is 9.78 Å². The van der Waals surface area contributed by atoms with Crippen molar-refractivity contribution in [3.8, 4) is 5.88 Å². The van der Waals surface area contributed by atoms with Crippen molar-refractivity contribution in [3.05, 3.63) is 34.3 Å². The molecule has 1 aromatic carbocycles. The molecule has 2 atom stereocenters. The van der Waals surface area contributed by atoms with Crippen LogP contribution in [0.25, 0.3) is 0 Å². The van der Waals surface area contributed by atoms with Gasteiger partial charge in [-0.15, -0.1) is 4.36 Å². The number of carbonyl (C=O) groups is 1. The van der Waals surface area contributed by atoms with E-state index in [4.69, 9.17) is 9.88 Å². The molecule has 0 saturated carbocycles. The zero-order valence-corrected chi connectivity index (χ0v) is 16.5. The normalized spacial score (nSPS) is 22.9. The molecule has 1 aromatic heterocycles. The lowest BCUT2D eigenvalue weighted by Crippen LogP contribution is -2.35. The van der Waals surface area contributed by atoms with Crippen LogP contribution in [0.3, 0.4) is 0 Å². The molecule has 3 aliphatic rings. The van der Waals surface area contributed by atoms with E-state index in [1.54, 1.807) is 6.92 Å². The number of amides is 2. The Morgan fingerprint density at radius 3 is 2.55 bits per heavy atom. The number of hydrogen-bond donors (Lipinski definition) is 3. The highest BCUT2D eigenvalue weighted by Gasteiger charge is 2.39. The van der Waals surface area contributed by atoms with E-state index in [9.17, 15) is 18.5 Å². The van der Waals surface area contributed by atoms with E-state index in [-0.39, 0.29) is 29.7 Å². The fraction of sp³-hybridized carbons (Fsp3) is 0.444. The zero-order valence-electron chi connectivity index (χ0n) is 15.7. The smallest absolute Gasteiger partial charge is 0.354 e. The third kappa shape index (κ3) is 2.68. The summed E-state index contributed by atoms with van der Waals surface area (Å²) in [6.07, 6.45) is 3.90. The fourth-order valence-electron chi connectivity index (χ4n) is 4.04. The van der Waals surface area contributed by atoms with E-state index < -0.39 is 21.5 Å². The van der Waals surface area contributed by atoms with Crippen LogP contribution in [-0.4, -0.2) is 37.3 Å². The number of ether oxygens (including phenoxy) is 1. The summed E-state index contributed by atoms with van der Waals surface area (Å²) in [5.41, 5.74) is 2.50. The molecule has 2 aromatic rings. The number of hydrogen-bond acceptors (Lipinski definition) is 5. The minimum absolute atomic E-state index is 0.00931. The van der Waals surface area contributed by atoms with Crippen molar-refractivity contribution >= 4 is 21.6 Å². The maximum absolute atomic E-state index is 14.3. The van der Waals surface area contributed by atoms with Crippen molar-refractivity contribution in [2.24, 2.45) is 9.50 Å². The molecule has 0 saturated heterocycles. The number of anilines is 1. The van der Waals surface area contributed by atoms with Gasteiger partial charge < -0.3 is 15.2 Å². The van der Waals surface area contributed by atoms with Gasteiger partial charge in [0, 0.05) is 5.69 Å². The summed E-state index contributed by atoms with van der Waals surface area (Å²) in [5.74, 6) is -0.0369. The molecular weight excluding hydrogens is 401 g/mol. The van der Waals surface area contributed by atoms with Crippen LogP contribution >= 0.6 is 0 Å². The van der Waals surface area contributed by atoms with Crippen LogP contribution in [0.2, 0.25) is 0 Å². The number of aliphatic hydroxyl groups excluding tert-OH is 1. The number of urea groups is 1. The molecule has 2 heterocycles. The van der Waals surface area contributed by atoms with Crippen LogP contribution in [0.5, 0.6) is 5.88 Å². The Balaban J connectivity index is 1.46. The van der Waals surface area contributed by atoms with Crippen molar-refractivity contribution < 1.29 is 23.2 Å². The Hall–Kier alpha value is -2.50. The number of fused-ring (bicyclic) bond motifs is 3. The van der Waals surface area contributed by atoms with Crippen LogP contribution in [0, 0.1) is 5.82 Å². The van der Waals surface area contributed by atoms with Gasteiger partial charge >= 0.3 is 6.03 Å². The molecule has 2 amide bonds. The molecule has 11 heteroatoms.